The Morgan fingerprint density at radius 1 is 1.00 bits per heavy atom. The third kappa shape index (κ3) is 6.45. The fourth-order valence-corrected chi connectivity index (χ4v) is 5.70. The maximum Gasteiger partial charge on any atom is 0.173 e. The first-order valence-corrected chi connectivity index (χ1v) is 14.1. The standard InChI is InChI=1S/C30H31ClF3N3OS/c1-30(2,20-7-12-24(31)27(16-20)38-3)28-17-36-29(37(28)22-10-8-21(32)9-11-22)39-18-23-25(33)14-19(15-26(23)34)6-4-5-13-35/h7-12,14-17H,4-6,13,18,35H2,1-3H3/p+1. The number of thioether (sulfide) groups is 1. The summed E-state index contributed by atoms with van der Waals surface area (Å²) < 4.78 is 51.0. The van der Waals surface area contributed by atoms with Crippen molar-refractivity contribution >= 4 is 23.4 Å². The Bertz CT molecular complexity index is 1420. The fourth-order valence-electron chi connectivity index (χ4n) is 4.49. The van der Waals surface area contributed by atoms with E-state index in [1.54, 1.807) is 31.5 Å². The molecule has 0 fully saturated rings. The molecule has 39 heavy (non-hydrogen) atoms. The van der Waals surface area contributed by atoms with Crippen LogP contribution in [0.15, 0.2) is 66.0 Å². The summed E-state index contributed by atoms with van der Waals surface area (Å²) in [5.41, 5.74) is 6.29. The van der Waals surface area contributed by atoms with Gasteiger partial charge in [-0.15, -0.1) is 0 Å². The average molecular weight is 575 g/mol. The molecule has 0 saturated carbocycles. The van der Waals surface area contributed by atoms with Gasteiger partial charge in [-0.2, -0.15) is 0 Å². The van der Waals surface area contributed by atoms with Gasteiger partial charge >= 0.3 is 0 Å². The average Bonchev–Trinajstić information content (AvgIpc) is 3.34. The molecule has 4 nitrogen and oxygen atoms in total. The predicted molar refractivity (Wildman–Crippen MR) is 150 cm³/mol. The summed E-state index contributed by atoms with van der Waals surface area (Å²) >= 11 is 7.48. The van der Waals surface area contributed by atoms with Crippen molar-refractivity contribution in [3.8, 4) is 11.4 Å². The molecule has 0 saturated heterocycles. The SMILES string of the molecule is COc1cc(C(C)(C)c2cnc(SCc3c(F)cc(CCCC[NH3+])cc3F)n2-c2ccc(F)cc2)ccc1Cl. The lowest BCUT2D eigenvalue weighted by atomic mass is 9.81. The lowest BCUT2D eigenvalue weighted by Crippen LogP contribution is -2.50. The number of imidazole rings is 1. The number of methoxy groups -OCH3 is 1. The maximum atomic E-state index is 15.0. The molecule has 0 radical (unpaired) electrons. The van der Waals surface area contributed by atoms with Crippen molar-refractivity contribution in [2.45, 2.75) is 49.4 Å². The van der Waals surface area contributed by atoms with E-state index >= 15 is 0 Å². The molecule has 0 aliphatic carbocycles. The third-order valence-electron chi connectivity index (χ3n) is 6.84. The van der Waals surface area contributed by atoms with E-state index in [-0.39, 0.29) is 17.1 Å². The van der Waals surface area contributed by atoms with Crippen LogP contribution in [0.25, 0.3) is 5.69 Å². The van der Waals surface area contributed by atoms with Crippen LogP contribution in [0.1, 0.15) is 49.1 Å². The second-order valence-corrected chi connectivity index (χ2v) is 11.2. The summed E-state index contributed by atoms with van der Waals surface area (Å²) in [5.74, 6) is -0.910. The van der Waals surface area contributed by atoms with Crippen molar-refractivity contribution < 1.29 is 23.6 Å². The maximum absolute atomic E-state index is 15.0. The number of aromatic nitrogens is 2. The van der Waals surface area contributed by atoms with E-state index in [9.17, 15) is 13.2 Å². The van der Waals surface area contributed by atoms with E-state index in [2.05, 4.69) is 10.7 Å². The summed E-state index contributed by atoms with van der Waals surface area (Å²) in [7, 11) is 1.56. The Morgan fingerprint density at radius 3 is 2.33 bits per heavy atom. The van der Waals surface area contributed by atoms with Crippen LogP contribution in [0.3, 0.4) is 0 Å². The number of quaternary nitrogens is 1. The van der Waals surface area contributed by atoms with E-state index < -0.39 is 17.0 Å². The number of halogens is 4. The highest BCUT2D eigenvalue weighted by Crippen LogP contribution is 2.39. The number of ether oxygens (including phenoxy) is 1. The number of rotatable bonds is 11. The van der Waals surface area contributed by atoms with E-state index in [1.165, 1.54) is 36.0 Å². The molecule has 0 spiro atoms. The number of benzene rings is 3. The number of nitrogens with zero attached hydrogens (tertiary/aromatic N) is 2. The minimum atomic E-state index is -0.579. The van der Waals surface area contributed by atoms with Crippen LogP contribution in [0, 0.1) is 17.5 Å². The van der Waals surface area contributed by atoms with Crippen molar-refractivity contribution in [2.75, 3.05) is 13.7 Å². The molecule has 4 rings (SSSR count). The number of aryl methyl sites for hydroxylation is 1. The van der Waals surface area contributed by atoms with Crippen molar-refractivity contribution in [1.29, 1.82) is 0 Å². The number of hydrogen-bond acceptors (Lipinski definition) is 3. The van der Waals surface area contributed by atoms with Crippen LogP contribution in [-0.4, -0.2) is 23.2 Å². The van der Waals surface area contributed by atoms with Gasteiger partial charge in [0.05, 0.1) is 30.6 Å². The normalized spacial score (nSPS) is 11.7. The minimum Gasteiger partial charge on any atom is -0.495 e. The highest BCUT2D eigenvalue weighted by molar-refractivity contribution is 7.98. The zero-order valence-electron chi connectivity index (χ0n) is 22.2. The summed E-state index contributed by atoms with van der Waals surface area (Å²) in [6.45, 7) is 4.87. The van der Waals surface area contributed by atoms with E-state index in [1.807, 2.05) is 30.5 Å². The minimum absolute atomic E-state index is 0.00203. The molecule has 1 heterocycles. The molecule has 0 unspecified atom stereocenters. The summed E-state index contributed by atoms with van der Waals surface area (Å²) in [6.07, 6.45) is 4.10. The highest BCUT2D eigenvalue weighted by atomic mass is 35.5. The molecular weight excluding hydrogens is 543 g/mol. The van der Waals surface area contributed by atoms with Crippen LogP contribution in [0.4, 0.5) is 13.2 Å². The Labute approximate surface area is 236 Å². The first kappa shape index (κ1) is 29.1. The van der Waals surface area contributed by atoms with Crippen molar-refractivity contribution in [2.24, 2.45) is 0 Å². The Morgan fingerprint density at radius 2 is 1.69 bits per heavy atom. The second kappa shape index (κ2) is 12.5. The van der Waals surface area contributed by atoms with Gasteiger partial charge in [0.2, 0.25) is 0 Å². The molecule has 4 aromatic rings. The van der Waals surface area contributed by atoms with Crippen molar-refractivity contribution in [3.05, 3.63) is 106 Å². The molecule has 3 N–H and O–H groups in total. The van der Waals surface area contributed by atoms with Gasteiger partial charge in [-0.1, -0.05) is 43.3 Å². The third-order valence-corrected chi connectivity index (χ3v) is 8.13. The molecule has 0 bridgehead atoms. The molecule has 0 atom stereocenters. The van der Waals surface area contributed by atoms with Gasteiger partial charge in [-0.3, -0.25) is 4.57 Å². The second-order valence-electron chi connectivity index (χ2n) is 9.85. The molecule has 0 amide bonds. The molecule has 0 aliphatic heterocycles. The molecule has 3 aromatic carbocycles. The predicted octanol–water partition coefficient (Wildman–Crippen LogP) is 7.13. The summed E-state index contributed by atoms with van der Waals surface area (Å²) in [4.78, 5) is 4.63. The van der Waals surface area contributed by atoms with E-state index in [0.29, 0.717) is 33.6 Å². The summed E-state index contributed by atoms with van der Waals surface area (Å²) in [6, 6.07) is 14.5. The van der Waals surface area contributed by atoms with E-state index in [4.69, 9.17) is 16.3 Å². The Balaban J connectivity index is 1.70. The van der Waals surface area contributed by atoms with Gasteiger partial charge in [0.25, 0.3) is 0 Å². The molecule has 206 valence electrons. The van der Waals surface area contributed by atoms with Gasteiger partial charge in [-0.05, 0) is 78.9 Å². The first-order valence-electron chi connectivity index (χ1n) is 12.7. The Kier molecular flexibility index (Phi) is 9.31. The Hall–Kier alpha value is -2.94. The van der Waals surface area contributed by atoms with Crippen LogP contribution >= 0.6 is 23.4 Å². The zero-order chi connectivity index (χ0) is 28.2. The van der Waals surface area contributed by atoms with Crippen molar-refractivity contribution in [1.82, 2.24) is 9.55 Å². The van der Waals surface area contributed by atoms with Crippen LogP contribution < -0.4 is 10.5 Å². The lowest BCUT2D eigenvalue weighted by molar-refractivity contribution is -0.368. The lowest BCUT2D eigenvalue weighted by Gasteiger charge is -2.28. The number of hydrogen-bond donors (Lipinski definition) is 1. The number of unbranched alkanes of at least 4 members (excludes halogenated alkanes) is 1. The highest BCUT2D eigenvalue weighted by Gasteiger charge is 2.30. The smallest absolute Gasteiger partial charge is 0.173 e. The molecule has 0 aliphatic rings. The van der Waals surface area contributed by atoms with Gasteiger partial charge in [-0.25, -0.2) is 18.2 Å². The molecule has 9 heteroatoms. The van der Waals surface area contributed by atoms with Gasteiger partial charge in [0.1, 0.15) is 23.2 Å². The van der Waals surface area contributed by atoms with E-state index in [0.717, 1.165) is 30.6 Å². The summed E-state index contributed by atoms with van der Waals surface area (Å²) in [5, 5.41) is 1.03. The van der Waals surface area contributed by atoms with Crippen LogP contribution in [-0.2, 0) is 17.6 Å². The molecular formula is C30H32ClF3N3OS+. The largest absolute Gasteiger partial charge is 0.495 e. The first-order chi connectivity index (χ1) is 18.6. The van der Waals surface area contributed by atoms with Crippen LogP contribution in [0.5, 0.6) is 5.75 Å². The topological polar surface area (TPSA) is 54.7 Å². The fraction of sp³-hybridized carbons (Fsp3) is 0.300. The van der Waals surface area contributed by atoms with Gasteiger partial charge in [0.15, 0.2) is 5.16 Å². The van der Waals surface area contributed by atoms with Gasteiger partial charge in [0, 0.05) is 22.4 Å². The van der Waals surface area contributed by atoms with Crippen molar-refractivity contribution in [3.63, 3.8) is 0 Å². The molecule has 1 aromatic heterocycles. The monoisotopic (exact) mass is 574 g/mol. The van der Waals surface area contributed by atoms with Gasteiger partial charge < -0.3 is 10.5 Å². The van der Waals surface area contributed by atoms with Crippen LogP contribution in [0.2, 0.25) is 5.02 Å². The zero-order valence-corrected chi connectivity index (χ0v) is 23.8. The quantitative estimate of drug-likeness (QED) is 0.153.